The molecule has 2 aromatic rings. The topological polar surface area (TPSA) is 41.5 Å². The van der Waals surface area contributed by atoms with Gasteiger partial charge in [-0.25, -0.2) is 5.43 Å². The summed E-state index contributed by atoms with van der Waals surface area (Å²) in [6.07, 6.45) is 0.633. The quantitative estimate of drug-likeness (QED) is 0.602. The Kier molecular flexibility index (Phi) is 5.80. The van der Waals surface area contributed by atoms with Crippen LogP contribution in [0.15, 0.2) is 41.5 Å². The summed E-state index contributed by atoms with van der Waals surface area (Å²) in [5, 5.41) is 5.30. The van der Waals surface area contributed by atoms with Gasteiger partial charge in [0, 0.05) is 16.1 Å². The molecule has 0 aliphatic rings. The zero-order valence-corrected chi connectivity index (χ0v) is 14.8. The Morgan fingerprint density at radius 1 is 1.09 bits per heavy atom. The van der Waals surface area contributed by atoms with Crippen molar-refractivity contribution in [2.75, 3.05) is 0 Å². The second kappa shape index (κ2) is 7.62. The van der Waals surface area contributed by atoms with Gasteiger partial charge in [0.05, 0.1) is 10.7 Å². The van der Waals surface area contributed by atoms with E-state index in [0.29, 0.717) is 27.7 Å². The molecule has 120 valence electrons. The minimum atomic E-state index is -0.246. The lowest BCUT2D eigenvalue weighted by Gasteiger charge is -2.08. The van der Waals surface area contributed by atoms with Crippen LogP contribution in [0.4, 0.5) is 0 Å². The molecule has 23 heavy (non-hydrogen) atoms. The molecule has 3 nitrogen and oxygen atoms in total. The van der Waals surface area contributed by atoms with E-state index in [2.05, 4.69) is 10.5 Å². The molecule has 0 radical (unpaired) electrons. The third-order valence-corrected chi connectivity index (χ3v) is 4.19. The fraction of sp³-hybridized carbons (Fsp3) is 0.222. The van der Waals surface area contributed by atoms with E-state index in [9.17, 15) is 4.79 Å². The number of halogens is 2. The Bertz CT molecular complexity index is 770. The molecule has 0 heterocycles. The van der Waals surface area contributed by atoms with Gasteiger partial charge in [-0.3, -0.25) is 4.79 Å². The first-order chi connectivity index (χ1) is 10.9. The summed E-state index contributed by atoms with van der Waals surface area (Å²) in [6, 6.07) is 10.8. The third-order valence-electron chi connectivity index (χ3n) is 3.64. The molecule has 0 spiro atoms. The maximum absolute atomic E-state index is 12.2. The predicted octanol–water partition coefficient (Wildman–Crippen LogP) is 5.15. The first kappa shape index (κ1) is 17.5. The fourth-order valence-corrected chi connectivity index (χ4v) is 2.64. The van der Waals surface area contributed by atoms with Crippen molar-refractivity contribution in [2.24, 2.45) is 5.10 Å². The van der Waals surface area contributed by atoms with Crippen LogP contribution in [0.25, 0.3) is 0 Å². The molecule has 0 aliphatic carbocycles. The molecule has 1 amide bonds. The van der Waals surface area contributed by atoms with Gasteiger partial charge in [0.2, 0.25) is 0 Å². The number of nitrogens with zero attached hydrogens (tertiary/aromatic N) is 1. The fourth-order valence-electron chi connectivity index (χ4n) is 2.12. The van der Waals surface area contributed by atoms with Gasteiger partial charge in [-0.1, -0.05) is 42.3 Å². The summed E-state index contributed by atoms with van der Waals surface area (Å²) < 4.78 is 0. The predicted molar refractivity (Wildman–Crippen MR) is 96.7 cm³/mol. The van der Waals surface area contributed by atoms with Gasteiger partial charge in [0.15, 0.2) is 0 Å². The largest absolute Gasteiger partial charge is 0.271 e. The van der Waals surface area contributed by atoms with E-state index in [1.807, 2.05) is 32.9 Å². The van der Waals surface area contributed by atoms with Crippen molar-refractivity contribution in [1.29, 1.82) is 0 Å². The minimum Gasteiger partial charge on any atom is -0.267 e. The average Bonchev–Trinajstić information content (AvgIpc) is 2.52. The van der Waals surface area contributed by atoms with Crippen LogP contribution in [-0.4, -0.2) is 11.6 Å². The number of hydrogen-bond acceptors (Lipinski definition) is 2. The van der Waals surface area contributed by atoms with Gasteiger partial charge in [0.25, 0.3) is 5.91 Å². The van der Waals surface area contributed by atoms with E-state index in [1.54, 1.807) is 24.3 Å². The van der Waals surface area contributed by atoms with Gasteiger partial charge in [-0.2, -0.15) is 5.10 Å². The van der Waals surface area contributed by atoms with Crippen LogP contribution in [-0.2, 0) is 0 Å². The van der Waals surface area contributed by atoms with Gasteiger partial charge >= 0.3 is 0 Å². The highest BCUT2D eigenvalue weighted by Crippen LogP contribution is 2.22. The van der Waals surface area contributed by atoms with Crippen molar-refractivity contribution in [3.63, 3.8) is 0 Å². The van der Waals surface area contributed by atoms with Gasteiger partial charge in [-0.15, -0.1) is 0 Å². The Hall–Kier alpha value is -1.84. The SMILES string of the molecule is CC/C(=N\NC(=O)c1ccc(C)c(C)c1)c1ccc(Cl)cc1Cl. The zero-order chi connectivity index (χ0) is 17.0. The number of nitrogens with one attached hydrogen (secondary N) is 1. The summed E-state index contributed by atoms with van der Waals surface area (Å²) in [6.45, 7) is 5.93. The van der Waals surface area contributed by atoms with Crippen LogP contribution in [0.1, 0.15) is 40.4 Å². The molecule has 0 fully saturated rings. The molecule has 1 N–H and O–H groups in total. The van der Waals surface area contributed by atoms with Gasteiger partial charge in [0.1, 0.15) is 0 Å². The Morgan fingerprint density at radius 2 is 1.83 bits per heavy atom. The Morgan fingerprint density at radius 3 is 2.43 bits per heavy atom. The smallest absolute Gasteiger partial charge is 0.267 e. The summed E-state index contributed by atoms with van der Waals surface area (Å²) in [4.78, 5) is 12.2. The van der Waals surface area contributed by atoms with Crippen LogP contribution < -0.4 is 5.43 Å². The zero-order valence-electron chi connectivity index (χ0n) is 13.3. The second-order valence-corrected chi connectivity index (χ2v) is 6.12. The van der Waals surface area contributed by atoms with E-state index in [-0.39, 0.29) is 5.91 Å². The molecule has 5 heteroatoms. The van der Waals surface area contributed by atoms with Crippen molar-refractivity contribution in [3.05, 3.63) is 68.7 Å². The number of carbonyl (C=O) groups is 1. The molecule has 0 atom stereocenters. The number of rotatable bonds is 4. The van der Waals surface area contributed by atoms with Crippen LogP contribution in [0.2, 0.25) is 10.0 Å². The summed E-state index contributed by atoms with van der Waals surface area (Å²) in [5.74, 6) is -0.246. The maximum Gasteiger partial charge on any atom is 0.271 e. The molecule has 0 aliphatic heterocycles. The van der Waals surface area contributed by atoms with Gasteiger partial charge < -0.3 is 0 Å². The molecular weight excluding hydrogens is 331 g/mol. The van der Waals surface area contributed by atoms with Crippen molar-refractivity contribution < 1.29 is 4.79 Å². The molecule has 0 aromatic heterocycles. The highest BCUT2D eigenvalue weighted by Gasteiger charge is 2.10. The summed E-state index contributed by atoms with van der Waals surface area (Å²) in [7, 11) is 0. The summed E-state index contributed by atoms with van der Waals surface area (Å²) in [5.41, 5.74) is 6.85. The molecular formula is C18H18Cl2N2O. The lowest BCUT2D eigenvalue weighted by atomic mass is 10.1. The van der Waals surface area contributed by atoms with Crippen molar-refractivity contribution >= 4 is 34.8 Å². The van der Waals surface area contributed by atoms with Crippen LogP contribution >= 0.6 is 23.2 Å². The number of amides is 1. The monoisotopic (exact) mass is 348 g/mol. The number of hydrazone groups is 1. The van der Waals surface area contributed by atoms with Crippen LogP contribution in [0, 0.1) is 13.8 Å². The number of hydrogen-bond donors (Lipinski definition) is 1. The van der Waals surface area contributed by atoms with Crippen molar-refractivity contribution in [3.8, 4) is 0 Å². The van der Waals surface area contributed by atoms with E-state index >= 15 is 0 Å². The van der Waals surface area contributed by atoms with E-state index in [1.165, 1.54) is 0 Å². The van der Waals surface area contributed by atoms with Gasteiger partial charge in [-0.05, 0) is 55.7 Å². The lowest BCUT2D eigenvalue weighted by molar-refractivity contribution is 0.0954. The van der Waals surface area contributed by atoms with Crippen LogP contribution in [0.3, 0.4) is 0 Å². The highest BCUT2D eigenvalue weighted by molar-refractivity contribution is 6.37. The summed E-state index contributed by atoms with van der Waals surface area (Å²) >= 11 is 12.1. The number of aryl methyl sites for hydroxylation is 2. The Balaban J connectivity index is 2.21. The first-order valence-electron chi connectivity index (χ1n) is 7.32. The molecule has 0 saturated carbocycles. The van der Waals surface area contributed by atoms with Crippen LogP contribution in [0.5, 0.6) is 0 Å². The molecule has 2 rings (SSSR count). The lowest BCUT2D eigenvalue weighted by Crippen LogP contribution is -2.20. The molecule has 0 saturated heterocycles. The van der Waals surface area contributed by atoms with E-state index in [0.717, 1.165) is 16.7 Å². The van der Waals surface area contributed by atoms with E-state index < -0.39 is 0 Å². The second-order valence-electron chi connectivity index (χ2n) is 5.28. The number of benzene rings is 2. The first-order valence-corrected chi connectivity index (χ1v) is 8.07. The van der Waals surface area contributed by atoms with E-state index in [4.69, 9.17) is 23.2 Å². The minimum absolute atomic E-state index is 0.246. The normalized spacial score (nSPS) is 11.4. The standard InChI is InChI=1S/C18H18Cl2N2O/c1-4-17(15-8-7-14(19)10-16(15)20)21-22-18(23)13-6-5-11(2)12(3)9-13/h5-10H,4H2,1-3H3,(H,22,23)/b21-17+. The maximum atomic E-state index is 12.2. The Labute approximate surface area is 146 Å². The molecule has 0 bridgehead atoms. The molecule has 0 unspecified atom stereocenters. The third kappa shape index (κ3) is 4.34. The molecule has 2 aromatic carbocycles. The van der Waals surface area contributed by atoms with Crippen molar-refractivity contribution in [1.82, 2.24) is 5.43 Å². The highest BCUT2D eigenvalue weighted by atomic mass is 35.5. The van der Waals surface area contributed by atoms with Crippen molar-refractivity contribution in [2.45, 2.75) is 27.2 Å². The average molecular weight is 349 g/mol. The number of carbonyl (C=O) groups excluding carboxylic acids is 1.